The van der Waals surface area contributed by atoms with Gasteiger partial charge in [0.2, 0.25) is 5.88 Å². The molecule has 0 saturated carbocycles. The van der Waals surface area contributed by atoms with Gasteiger partial charge in [-0.15, -0.1) is 13.2 Å². The number of carbonyl (C=O) groups is 1. The normalized spacial score (nSPS) is 11.7. The average Bonchev–Trinajstić information content (AvgIpc) is 2.72. The van der Waals surface area contributed by atoms with E-state index in [0.717, 1.165) is 16.7 Å². The molecule has 0 fully saturated rings. The highest BCUT2D eigenvalue weighted by Crippen LogP contribution is 2.33. The van der Waals surface area contributed by atoms with Crippen LogP contribution in [0.15, 0.2) is 53.5 Å². The summed E-state index contributed by atoms with van der Waals surface area (Å²) in [5, 5.41) is 1.32. The molecule has 0 saturated heterocycles. The number of hydrogen-bond donors (Lipinski definition) is 1. The molecule has 10 heteroatoms. The summed E-state index contributed by atoms with van der Waals surface area (Å²) in [6.45, 7) is 1.19. The first-order valence-electron chi connectivity index (χ1n) is 9.29. The zero-order chi connectivity index (χ0) is 23.2. The standard InChI is InChI=1S/C22H16F3N3O4/c1-11(29)18-19(26)15-7-6-12(32-22(23,24)25)10-17(15)28(21(18)30)16-5-3-4-14-13(16)8-9-27-20(14)31-2/h3-10H,26H2,1-2H3. The quantitative estimate of drug-likeness (QED) is 0.474. The van der Waals surface area contributed by atoms with Gasteiger partial charge >= 0.3 is 6.36 Å². The van der Waals surface area contributed by atoms with E-state index < -0.39 is 23.5 Å². The van der Waals surface area contributed by atoms with Gasteiger partial charge in [0.1, 0.15) is 11.3 Å². The van der Waals surface area contributed by atoms with Gasteiger partial charge in [-0.25, -0.2) is 4.98 Å². The maximum atomic E-state index is 13.4. The minimum atomic E-state index is -4.93. The summed E-state index contributed by atoms with van der Waals surface area (Å²) >= 11 is 0. The van der Waals surface area contributed by atoms with Gasteiger partial charge in [-0.1, -0.05) is 6.07 Å². The fourth-order valence-electron chi connectivity index (χ4n) is 3.69. The van der Waals surface area contributed by atoms with Crippen LogP contribution < -0.4 is 20.8 Å². The fraction of sp³-hybridized carbons (Fsp3) is 0.136. The molecule has 7 nitrogen and oxygen atoms in total. The third-order valence-electron chi connectivity index (χ3n) is 4.95. The highest BCUT2D eigenvalue weighted by atomic mass is 19.4. The molecule has 4 rings (SSSR count). The van der Waals surface area contributed by atoms with E-state index in [9.17, 15) is 22.8 Å². The minimum absolute atomic E-state index is 0.0440. The Morgan fingerprint density at radius 1 is 1.09 bits per heavy atom. The van der Waals surface area contributed by atoms with E-state index in [1.807, 2.05) is 0 Å². The molecule has 0 unspecified atom stereocenters. The van der Waals surface area contributed by atoms with Crippen LogP contribution in [0.1, 0.15) is 17.3 Å². The first kappa shape index (κ1) is 21.2. The van der Waals surface area contributed by atoms with E-state index in [1.165, 1.54) is 26.3 Å². The number of halogens is 3. The number of ether oxygens (including phenoxy) is 2. The second-order valence-corrected chi connectivity index (χ2v) is 6.90. The maximum Gasteiger partial charge on any atom is 0.573 e. The molecule has 2 aromatic carbocycles. The van der Waals surface area contributed by atoms with Gasteiger partial charge in [-0.05, 0) is 37.3 Å². The average molecular weight is 443 g/mol. The van der Waals surface area contributed by atoms with Crippen LogP contribution in [0.2, 0.25) is 0 Å². The Labute approximate surface area is 178 Å². The van der Waals surface area contributed by atoms with E-state index in [1.54, 1.807) is 24.3 Å². The molecule has 0 bridgehead atoms. The van der Waals surface area contributed by atoms with Crippen LogP contribution in [0.3, 0.4) is 0 Å². The molecule has 0 aliphatic heterocycles. The molecule has 0 amide bonds. The number of hydrogen-bond acceptors (Lipinski definition) is 6. The second kappa shape index (κ2) is 7.56. The first-order valence-corrected chi connectivity index (χ1v) is 9.29. The molecule has 2 aromatic heterocycles. The molecule has 164 valence electrons. The number of anilines is 1. The van der Waals surface area contributed by atoms with Crippen molar-refractivity contribution in [1.82, 2.24) is 9.55 Å². The van der Waals surface area contributed by atoms with Crippen LogP contribution in [-0.2, 0) is 0 Å². The Kier molecular flexibility index (Phi) is 5.00. The first-order chi connectivity index (χ1) is 15.1. The number of methoxy groups -OCH3 is 1. The van der Waals surface area contributed by atoms with E-state index in [2.05, 4.69) is 9.72 Å². The van der Waals surface area contributed by atoms with Crippen molar-refractivity contribution >= 4 is 33.1 Å². The largest absolute Gasteiger partial charge is 0.573 e. The predicted molar refractivity (Wildman–Crippen MR) is 112 cm³/mol. The Morgan fingerprint density at radius 3 is 2.50 bits per heavy atom. The third kappa shape index (κ3) is 3.49. The van der Waals surface area contributed by atoms with Gasteiger partial charge in [0.05, 0.1) is 24.0 Å². The predicted octanol–water partition coefficient (Wildman–Crippen LogP) is 4.23. The summed E-state index contributed by atoms with van der Waals surface area (Å²) < 4.78 is 48.9. The number of ketones is 1. The van der Waals surface area contributed by atoms with Crippen molar-refractivity contribution in [3.8, 4) is 17.3 Å². The lowest BCUT2D eigenvalue weighted by atomic mass is 10.0. The number of fused-ring (bicyclic) bond motifs is 2. The van der Waals surface area contributed by atoms with Crippen molar-refractivity contribution in [2.45, 2.75) is 13.3 Å². The molecule has 0 radical (unpaired) electrons. The molecule has 32 heavy (non-hydrogen) atoms. The molecule has 4 aromatic rings. The van der Waals surface area contributed by atoms with Gasteiger partial charge in [0, 0.05) is 28.4 Å². The zero-order valence-corrected chi connectivity index (χ0v) is 16.9. The molecular formula is C22H16F3N3O4. The summed E-state index contributed by atoms with van der Waals surface area (Å²) in [6, 6.07) is 9.99. The SMILES string of the molecule is COc1nccc2c(-n3c(=O)c(C(C)=O)c(N)c4ccc(OC(F)(F)F)cc43)cccc12. The van der Waals surface area contributed by atoms with Gasteiger partial charge in [-0.3, -0.25) is 14.2 Å². The lowest BCUT2D eigenvalue weighted by molar-refractivity contribution is -0.274. The summed E-state index contributed by atoms with van der Waals surface area (Å²) in [4.78, 5) is 29.8. The topological polar surface area (TPSA) is 96.4 Å². The number of aromatic nitrogens is 2. The number of Topliss-reactive ketones (excluding diaryl/α,β-unsaturated/α-hetero) is 1. The van der Waals surface area contributed by atoms with Gasteiger partial charge < -0.3 is 15.2 Å². The number of nitrogens with two attached hydrogens (primary N) is 1. The monoisotopic (exact) mass is 443 g/mol. The van der Waals surface area contributed by atoms with E-state index in [4.69, 9.17) is 10.5 Å². The maximum absolute atomic E-state index is 13.4. The van der Waals surface area contributed by atoms with Crippen LogP contribution in [0.25, 0.3) is 27.4 Å². The van der Waals surface area contributed by atoms with E-state index in [0.29, 0.717) is 22.3 Å². The van der Waals surface area contributed by atoms with Crippen molar-refractivity contribution in [3.63, 3.8) is 0 Å². The smallest absolute Gasteiger partial charge is 0.481 e. The lowest BCUT2D eigenvalue weighted by Gasteiger charge is -2.18. The Bertz CT molecular complexity index is 1440. The highest BCUT2D eigenvalue weighted by Gasteiger charge is 2.31. The summed E-state index contributed by atoms with van der Waals surface area (Å²) in [5.74, 6) is -0.809. The molecule has 0 aliphatic carbocycles. The minimum Gasteiger partial charge on any atom is -0.481 e. The van der Waals surface area contributed by atoms with Crippen LogP contribution in [0, 0.1) is 0 Å². The number of nitrogen functional groups attached to an aromatic ring is 1. The summed E-state index contributed by atoms with van der Waals surface area (Å²) in [7, 11) is 1.44. The van der Waals surface area contributed by atoms with E-state index >= 15 is 0 Å². The summed E-state index contributed by atoms with van der Waals surface area (Å²) in [5.41, 5.74) is 5.28. The zero-order valence-electron chi connectivity index (χ0n) is 16.9. The highest BCUT2D eigenvalue weighted by molar-refractivity contribution is 6.07. The second-order valence-electron chi connectivity index (χ2n) is 6.90. The van der Waals surface area contributed by atoms with Crippen LogP contribution >= 0.6 is 0 Å². The number of alkyl halides is 3. The molecular weight excluding hydrogens is 427 g/mol. The van der Waals surface area contributed by atoms with Gasteiger partial charge in [0.15, 0.2) is 5.78 Å². The molecule has 2 N–H and O–H groups in total. The van der Waals surface area contributed by atoms with Gasteiger partial charge in [-0.2, -0.15) is 0 Å². The Morgan fingerprint density at radius 2 is 1.84 bits per heavy atom. The van der Waals surface area contributed by atoms with Gasteiger partial charge in [0.25, 0.3) is 5.56 Å². The molecule has 0 spiro atoms. The number of nitrogens with zero attached hydrogens (tertiary/aromatic N) is 2. The molecule has 0 aliphatic rings. The molecule has 2 heterocycles. The Hall–Kier alpha value is -4.08. The van der Waals surface area contributed by atoms with E-state index in [-0.39, 0.29) is 22.2 Å². The third-order valence-corrected chi connectivity index (χ3v) is 4.95. The number of rotatable bonds is 4. The summed E-state index contributed by atoms with van der Waals surface area (Å²) in [6.07, 6.45) is -3.46. The van der Waals surface area contributed by atoms with Crippen LogP contribution in [-0.4, -0.2) is 28.8 Å². The van der Waals surface area contributed by atoms with Crippen molar-refractivity contribution in [2.24, 2.45) is 0 Å². The van der Waals surface area contributed by atoms with Crippen molar-refractivity contribution in [1.29, 1.82) is 0 Å². The van der Waals surface area contributed by atoms with Crippen molar-refractivity contribution < 1.29 is 27.4 Å². The van der Waals surface area contributed by atoms with Crippen LogP contribution in [0.4, 0.5) is 18.9 Å². The number of pyridine rings is 2. The van der Waals surface area contributed by atoms with Crippen LogP contribution in [0.5, 0.6) is 11.6 Å². The molecule has 0 atom stereocenters. The van der Waals surface area contributed by atoms with Crippen molar-refractivity contribution in [2.75, 3.05) is 12.8 Å². The van der Waals surface area contributed by atoms with Crippen molar-refractivity contribution in [3.05, 3.63) is 64.6 Å². The number of benzene rings is 2. The fourth-order valence-corrected chi connectivity index (χ4v) is 3.69. The lowest BCUT2D eigenvalue weighted by Crippen LogP contribution is -2.27. The number of carbonyl (C=O) groups excluding carboxylic acids is 1. The Balaban J connectivity index is 2.17.